The summed E-state index contributed by atoms with van der Waals surface area (Å²) in [6.45, 7) is 6.80. The predicted molar refractivity (Wildman–Crippen MR) is 95.6 cm³/mol. The molecule has 0 bridgehead atoms. The molecule has 0 unspecified atom stereocenters. The molecule has 1 heterocycles. The maximum atomic E-state index is 12.0. The number of rotatable bonds is 6. The summed E-state index contributed by atoms with van der Waals surface area (Å²) < 4.78 is 10.7. The van der Waals surface area contributed by atoms with Gasteiger partial charge in [0.1, 0.15) is 5.78 Å². The van der Waals surface area contributed by atoms with Crippen LogP contribution in [0.4, 0.5) is 0 Å². The second kappa shape index (κ2) is 7.52. The summed E-state index contributed by atoms with van der Waals surface area (Å²) in [5.74, 6) is -0.970. The fraction of sp³-hybridized carbons (Fsp3) is 0.353. The zero-order chi connectivity index (χ0) is 18.7. The van der Waals surface area contributed by atoms with Crippen LogP contribution in [0.2, 0.25) is 0 Å². The Kier molecular flexibility index (Phi) is 5.63. The van der Waals surface area contributed by atoms with Gasteiger partial charge in [0.05, 0.1) is 19.1 Å². The standard InChI is InChI=1S/C17H20N2O5S/c1-8-14(9(2)20)15(19-17(25)18-8)11-5-6-12(13(7-11)23-4)24-10(3)16(21)22/h5-7,10,14-15H,1H2,2-4H3,(H,21,22)(H2,18,19,25)/t10-,14-,15+/m1/s1. The minimum atomic E-state index is -1.08. The molecule has 1 saturated heterocycles. The van der Waals surface area contributed by atoms with Crippen molar-refractivity contribution in [1.29, 1.82) is 0 Å². The smallest absolute Gasteiger partial charge is 0.344 e. The highest BCUT2D eigenvalue weighted by Crippen LogP contribution is 2.36. The number of hydrogen-bond donors (Lipinski definition) is 3. The van der Waals surface area contributed by atoms with Gasteiger partial charge in [-0.15, -0.1) is 0 Å². The maximum absolute atomic E-state index is 12.0. The van der Waals surface area contributed by atoms with Gasteiger partial charge in [0.15, 0.2) is 22.7 Å². The molecule has 0 spiro atoms. The van der Waals surface area contributed by atoms with Crippen LogP contribution in [0.1, 0.15) is 25.5 Å². The van der Waals surface area contributed by atoms with Crippen molar-refractivity contribution < 1.29 is 24.2 Å². The van der Waals surface area contributed by atoms with Gasteiger partial charge in [-0.05, 0) is 43.8 Å². The number of benzene rings is 1. The lowest BCUT2D eigenvalue weighted by molar-refractivity contribution is -0.144. The van der Waals surface area contributed by atoms with Crippen molar-refractivity contribution in [1.82, 2.24) is 10.6 Å². The maximum Gasteiger partial charge on any atom is 0.344 e. The zero-order valence-corrected chi connectivity index (χ0v) is 15.0. The van der Waals surface area contributed by atoms with Crippen molar-refractivity contribution in [3.63, 3.8) is 0 Å². The van der Waals surface area contributed by atoms with Crippen molar-refractivity contribution in [3.05, 3.63) is 36.0 Å². The molecule has 8 heteroatoms. The summed E-state index contributed by atoms with van der Waals surface area (Å²) in [5, 5.41) is 15.3. The Morgan fingerprint density at radius 3 is 2.60 bits per heavy atom. The number of ketones is 1. The van der Waals surface area contributed by atoms with Crippen LogP contribution in [0.3, 0.4) is 0 Å². The van der Waals surface area contributed by atoms with Crippen molar-refractivity contribution >= 4 is 29.1 Å². The van der Waals surface area contributed by atoms with E-state index in [2.05, 4.69) is 17.2 Å². The van der Waals surface area contributed by atoms with E-state index in [4.69, 9.17) is 26.8 Å². The molecule has 0 saturated carbocycles. The summed E-state index contributed by atoms with van der Waals surface area (Å²) in [7, 11) is 1.46. The van der Waals surface area contributed by atoms with Gasteiger partial charge in [0.25, 0.3) is 0 Å². The van der Waals surface area contributed by atoms with E-state index in [1.165, 1.54) is 21.0 Å². The Balaban J connectivity index is 2.37. The van der Waals surface area contributed by atoms with Gasteiger partial charge in [0, 0.05) is 5.70 Å². The third kappa shape index (κ3) is 4.08. The number of ether oxygens (including phenoxy) is 2. The molecular weight excluding hydrogens is 344 g/mol. The summed E-state index contributed by atoms with van der Waals surface area (Å²) in [5.41, 5.74) is 1.28. The lowest BCUT2D eigenvalue weighted by atomic mass is 9.86. The molecule has 1 aromatic rings. The van der Waals surface area contributed by atoms with Crippen molar-refractivity contribution in [2.24, 2.45) is 5.92 Å². The summed E-state index contributed by atoms with van der Waals surface area (Å²) in [4.78, 5) is 23.0. The quantitative estimate of drug-likeness (QED) is 0.658. The summed E-state index contributed by atoms with van der Waals surface area (Å²) in [6.07, 6.45) is -1.02. The Labute approximate surface area is 151 Å². The van der Waals surface area contributed by atoms with Crippen molar-refractivity contribution in [2.45, 2.75) is 26.0 Å². The SMILES string of the molecule is C=C1NC(=S)N[C@@H](c2ccc(O[C@H](C)C(=O)O)c(OC)c2)[C@H]1C(C)=O. The first-order valence-electron chi connectivity index (χ1n) is 7.58. The van der Waals surface area contributed by atoms with Crippen molar-refractivity contribution in [3.8, 4) is 11.5 Å². The number of thiocarbonyl (C=S) groups is 1. The molecule has 134 valence electrons. The number of aliphatic carboxylic acids is 1. The zero-order valence-electron chi connectivity index (χ0n) is 14.2. The average Bonchev–Trinajstić information content (AvgIpc) is 2.53. The monoisotopic (exact) mass is 364 g/mol. The fourth-order valence-corrected chi connectivity index (χ4v) is 2.92. The molecule has 7 nitrogen and oxygen atoms in total. The lowest BCUT2D eigenvalue weighted by Crippen LogP contribution is -2.50. The van der Waals surface area contributed by atoms with Crippen LogP contribution >= 0.6 is 12.2 Å². The topological polar surface area (TPSA) is 96.9 Å². The second-order valence-electron chi connectivity index (χ2n) is 5.70. The molecule has 1 fully saturated rings. The largest absolute Gasteiger partial charge is 0.493 e. The van der Waals surface area contributed by atoms with Crippen molar-refractivity contribution in [2.75, 3.05) is 7.11 Å². The first-order valence-corrected chi connectivity index (χ1v) is 7.99. The van der Waals surface area contributed by atoms with E-state index >= 15 is 0 Å². The first-order chi connectivity index (χ1) is 11.7. The molecular formula is C17H20N2O5S. The van der Waals surface area contributed by atoms with Gasteiger partial charge in [-0.3, -0.25) is 4.79 Å². The Morgan fingerprint density at radius 2 is 2.04 bits per heavy atom. The molecule has 3 N–H and O–H groups in total. The van der Waals surface area contributed by atoms with Gasteiger partial charge in [0.2, 0.25) is 0 Å². The normalized spacial score (nSPS) is 20.9. The fourth-order valence-electron chi connectivity index (χ4n) is 2.66. The van der Waals surface area contributed by atoms with Crippen LogP contribution in [-0.4, -0.2) is 35.2 Å². The highest BCUT2D eigenvalue weighted by atomic mass is 32.1. The molecule has 0 amide bonds. The molecule has 0 aliphatic carbocycles. The van der Waals surface area contributed by atoms with E-state index in [0.29, 0.717) is 22.3 Å². The Bertz CT molecular complexity index is 734. The van der Waals surface area contributed by atoms with Crippen LogP contribution in [0, 0.1) is 5.92 Å². The van der Waals surface area contributed by atoms with E-state index in [-0.39, 0.29) is 5.78 Å². The molecule has 1 aliphatic heterocycles. The van der Waals surface area contributed by atoms with E-state index < -0.39 is 24.0 Å². The van der Waals surface area contributed by atoms with Gasteiger partial charge in [-0.1, -0.05) is 12.6 Å². The number of hydrogen-bond acceptors (Lipinski definition) is 5. The molecule has 1 aliphatic rings. The molecule has 0 aromatic heterocycles. The van der Waals surface area contributed by atoms with Gasteiger partial charge >= 0.3 is 5.97 Å². The third-order valence-corrected chi connectivity index (χ3v) is 4.13. The van der Waals surface area contributed by atoms with Gasteiger partial charge < -0.3 is 25.2 Å². The van der Waals surface area contributed by atoms with E-state index in [9.17, 15) is 9.59 Å². The first kappa shape index (κ1) is 18.7. The summed E-state index contributed by atoms with van der Waals surface area (Å²) >= 11 is 5.16. The number of methoxy groups -OCH3 is 1. The average molecular weight is 364 g/mol. The second-order valence-corrected chi connectivity index (χ2v) is 6.11. The van der Waals surface area contributed by atoms with E-state index in [0.717, 1.165) is 5.56 Å². The lowest BCUT2D eigenvalue weighted by Gasteiger charge is -2.35. The predicted octanol–water partition coefficient (Wildman–Crippen LogP) is 1.78. The molecule has 2 rings (SSSR count). The minimum absolute atomic E-state index is 0.0590. The number of carboxylic acid groups (broad SMARTS) is 1. The Hall–Kier alpha value is -2.61. The third-order valence-electron chi connectivity index (χ3n) is 3.91. The number of nitrogens with one attached hydrogen (secondary N) is 2. The Morgan fingerprint density at radius 1 is 1.36 bits per heavy atom. The highest BCUT2D eigenvalue weighted by Gasteiger charge is 2.34. The van der Waals surface area contributed by atoms with Crippen LogP contribution in [0.15, 0.2) is 30.5 Å². The van der Waals surface area contributed by atoms with E-state index in [1.54, 1.807) is 18.2 Å². The number of Topliss-reactive ketones (excluding diaryl/α,β-unsaturated/α-hetero) is 1. The van der Waals surface area contributed by atoms with E-state index in [1.807, 2.05) is 0 Å². The molecule has 0 radical (unpaired) electrons. The summed E-state index contributed by atoms with van der Waals surface area (Å²) in [6, 6.07) is 4.64. The molecule has 1 aromatic carbocycles. The number of carbonyl (C=O) groups excluding carboxylic acids is 1. The van der Waals surface area contributed by atoms with Crippen LogP contribution in [-0.2, 0) is 9.59 Å². The molecule has 25 heavy (non-hydrogen) atoms. The van der Waals surface area contributed by atoms with Gasteiger partial charge in [-0.2, -0.15) is 0 Å². The number of carbonyl (C=O) groups is 2. The molecule has 3 atom stereocenters. The number of carboxylic acids is 1. The van der Waals surface area contributed by atoms with Crippen LogP contribution in [0.25, 0.3) is 0 Å². The van der Waals surface area contributed by atoms with Crippen LogP contribution < -0.4 is 20.1 Å². The van der Waals surface area contributed by atoms with Gasteiger partial charge in [-0.25, -0.2) is 4.79 Å². The highest BCUT2D eigenvalue weighted by molar-refractivity contribution is 7.80. The van der Waals surface area contributed by atoms with Crippen LogP contribution in [0.5, 0.6) is 11.5 Å². The minimum Gasteiger partial charge on any atom is -0.493 e.